The molecule has 1 heterocycles. The zero-order valence-corrected chi connectivity index (χ0v) is 12.3. The largest absolute Gasteiger partial charge is 0.341 e. The highest BCUT2D eigenvalue weighted by atomic mass is 79.9. The molecule has 2 N–H and O–H groups in total. The Hall–Kier alpha value is -1.13. The van der Waals surface area contributed by atoms with Gasteiger partial charge in [0.2, 0.25) is 0 Å². The van der Waals surface area contributed by atoms with Crippen molar-refractivity contribution in [3.63, 3.8) is 0 Å². The monoisotopic (exact) mass is 307 g/mol. The van der Waals surface area contributed by atoms with Gasteiger partial charge in [-0.3, -0.25) is 0 Å². The van der Waals surface area contributed by atoms with Gasteiger partial charge >= 0.3 is 0 Å². The fourth-order valence-corrected chi connectivity index (χ4v) is 2.48. The van der Waals surface area contributed by atoms with Crippen LogP contribution >= 0.6 is 15.9 Å². The lowest BCUT2D eigenvalue weighted by atomic mass is 10.1. The second kappa shape index (κ2) is 6.16. The molecule has 0 unspecified atom stereocenters. The number of imidazole rings is 1. The molecule has 1 aromatic heterocycles. The van der Waals surface area contributed by atoms with Crippen molar-refractivity contribution in [1.29, 1.82) is 0 Å². The predicted molar refractivity (Wildman–Crippen MR) is 78.5 cm³/mol. The maximum Gasteiger partial charge on any atom is 0.138 e. The summed E-state index contributed by atoms with van der Waals surface area (Å²) < 4.78 is 1.07. The van der Waals surface area contributed by atoms with Crippen LogP contribution in [0.25, 0.3) is 11.4 Å². The summed E-state index contributed by atoms with van der Waals surface area (Å²) in [6, 6.07) is 6.28. The van der Waals surface area contributed by atoms with Crippen molar-refractivity contribution in [3.8, 4) is 11.4 Å². The Balaban J connectivity index is 2.13. The van der Waals surface area contributed by atoms with Gasteiger partial charge in [-0.05, 0) is 37.6 Å². The van der Waals surface area contributed by atoms with E-state index >= 15 is 0 Å². The number of halogens is 1. The highest BCUT2D eigenvalue weighted by molar-refractivity contribution is 9.10. The Morgan fingerprint density at radius 3 is 2.94 bits per heavy atom. The number of nitrogens with one attached hydrogen (secondary N) is 2. The average Bonchev–Trinajstić information content (AvgIpc) is 2.78. The Morgan fingerprint density at radius 2 is 2.22 bits per heavy atom. The van der Waals surface area contributed by atoms with Crippen LogP contribution in [0.2, 0.25) is 0 Å². The molecule has 0 spiro atoms. The average molecular weight is 308 g/mol. The van der Waals surface area contributed by atoms with Crippen molar-refractivity contribution in [2.45, 2.75) is 26.8 Å². The maximum absolute atomic E-state index is 4.43. The summed E-state index contributed by atoms with van der Waals surface area (Å²) >= 11 is 3.58. The normalized spacial score (nSPS) is 10.8. The van der Waals surface area contributed by atoms with Crippen molar-refractivity contribution in [2.75, 3.05) is 6.54 Å². The highest BCUT2D eigenvalue weighted by Crippen LogP contribution is 2.26. The Morgan fingerprint density at radius 1 is 1.39 bits per heavy atom. The van der Waals surface area contributed by atoms with Crippen LogP contribution in [0.15, 0.2) is 28.9 Å². The Bertz CT molecular complexity index is 520. The van der Waals surface area contributed by atoms with Crippen molar-refractivity contribution in [1.82, 2.24) is 15.3 Å². The molecule has 96 valence electrons. The minimum atomic E-state index is 0.838. The third-order valence-corrected chi connectivity index (χ3v) is 3.41. The van der Waals surface area contributed by atoms with E-state index < -0.39 is 0 Å². The maximum atomic E-state index is 4.43. The minimum Gasteiger partial charge on any atom is -0.341 e. The van der Waals surface area contributed by atoms with Gasteiger partial charge in [-0.1, -0.05) is 28.9 Å². The first-order valence-electron chi connectivity index (χ1n) is 6.22. The third kappa shape index (κ3) is 3.21. The number of aromatic amines is 1. The number of hydrogen-bond acceptors (Lipinski definition) is 2. The molecule has 2 rings (SSSR count). The van der Waals surface area contributed by atoms with Gasteiger partial charge in [0, 0.05) is 28.5 Å². The lowest BCUT2D eigenvalue weighted by Crippen LogP contribution is -2.13. The third-order valence-electron chi connectivity index (χ3n) is 2.75. The van der Waals surface area contributed by atoms with Crippen molar-refractivity contribution in [2.24, 2.45) is 0 Å². The molecule has 18 heavy (non-hydrogen) atoms. The highest BCUT2D eigenvalue weighted by Gasteiger charge is 2.07. The molecule has 1 aromatic carbocycles. The van der Waals surface area contributed by atoms with Crippen LogP contribution in [0.1, 0.15) is 24.6 Å². The minimum absolute atomic E-state index is 0.838. The van der Waals surface area contributed by atoms with Crippen molar-refractivity contribution < 1.29 is 0 Å². The van der Waals surface area contributed by atoms with Gasteiger partial charge in [0.05, 0.1) is 0 Å². The number of hydrogen-bond donors (Lipinski definition) is 2. The number of aromatic nitrogens is 2. The van der Waals surface area contributed by atoms with E-state index in [-0.39, 0.29) is 0 Å². The summed E-state index contributed by atoms with van der Waals surface area (Å²) in [4.78, 5) is 7.78. The summed E-state index contributed by atoms with van der Waals surface area (Å²) in [5.41, 5.74) is 3.45. The fourth-order valence-electron chi connectivity index (χ4n) is 1.80. The molecule has 0 fully saturated rings. The van der Waals surface area contributed by atoms with Crippen LogP contribution in [-0.4, -0.2) is 16.5 Å². The number of nitrogens with zero attached hydrogens (tertiary/aromatic N) is 1. The first kappa shape index (κ1) is 13.3. The molecule has 3 nitrogen and oxygen atoms in total. The number of H-pyrrole nitrogens is 1. The molecule has 0 aliphatic rings. The molecule has 0 aliphatic carbocycles. The number of aryl methyl sites for hydroxylation is 1. The van der Waals surface area contributed by atoms with E-state index in [1.807, 2.05) is 6.20 Å². The van der Waals surface area contributed by atoms with E-state index in [4.69, 9.17) is 0 Å². The van der Waals surface area contributed by atoms with E-state index in [1.54, 1.807) is 0 Å². The van der Waals surface area contributed by atoms with Crippen LogP contribution in [0.3, 0.4) is 0 Å². The number of benzene rings is 1. The molecular weight excluding hydrogens is 290 g/mol. The van der Waals surface area contributed by atoms with Crippen LogP contribution in [-0.2, 0) is 6.54 Å². The fraction of sp³-hybridized carbons (Fsp3) is 0.357. The molecular formula is C14H18BrN3. The van der Waals surface area contributed by atoms with E-state index in [1.165, 1.54) is 5.56 Å². The summed E-state index contributed by atoms with van der Waals surface area (Å²) in [6.07, 6.45) is 3.04. The summed E-state index contributed by atoms with van der Waals surface area (Å²) in [5.74, 6) is 0.912. The number of rotatable bonds is 5. The first-order valence-corrected chi connectivity index (χ1v) is 7.01. The van der Waals surface area contributed by atoms with Gasteiger partial charge in [0.1, 0.15) is 5.82 Å². The zero-order valence-electron chi connectivity index (χ0n) is 10.8. The molecule has 0 amide bonds. The van der Waals surface area contributed by atoms with Crippen molar-refractivity contribution in [3.05, 3.63) is 40.1 Å². The standard InChI is InChI=1S/C14H18BrN3/c1-3-6-16-8-11-9-17-14(18-11)12-5-4-10(2)7-13(12)15/h4-5,7,9,16H,3,6,8H2,1-2H3,(H,17,18). The van der Waals surface area contributed by atoms with Crippen LogP contribution in [0, 0.1) is 6.92 Å². The quantitative estimate of drug-likeness (QED) is 0.828. The van der Waals surface area contributed by atoms with Gasteiger partial charge in [-0.2, -0.15) is 0 Å². The lowest BCUT2D eigenvalue weighted by Gasteiger charge is -2.03. The summed E-state index contributed by atoms with van der Waals surface area (Å²) in [5, 5.41) is 3.36. The van der Waals surface area contributed by atoms with E-state index in [9.17, 15) is 0 Å². The topological polar surface area (TPSA) is 40.7 Å². The van der Waals surface area contributed by atoms with Crippen molar-refractivity contribution >= 4 is 15.9 Å². The van der Waals surface area contributed by atoms with Crippen LogP contribution in [0.5, 0.6) is 0 Å². The summed E-state index contributed by atoms with van der Waals surface area (Å²) in [6.45, 7) is 6.11. The molecule has 0 aliphatic heterocycles. The molecule has 0 radical (unpaired) electrons. The van der Waals surface area contributed by atoms with Crippen LogP contribution in [0.4, 0.5) is 0 Å². The molecule has 0 saturated heterocycles. The smallest absolute Gasteiger partial charge is 0.138 e. The van der Waals surface area contributed by atoms with Gasteiger partial charge in [0.15, 0.2) is 0 Å². The molecule has 0 saturated carbocycles. The molecule has 2 aromatic rings. The van der Waals surface area contributed by atoms with E-state index in [0.29, 0.717) is 0 Å². The lowest BCUT2D eigenvalue weighted by molar-refractivity contribution is 0.667. The molecule has 4 heteroatoms. The van der Waals surface area contributed by atoms with Gasteiger partial charge in [-0.25, -0.2) is 4.98 Å². The molecule has 0 bridgehead atoms. The van der Waals surface area contributed by atoms with E-state index in [0.717, 1.165) is 41.1 Å². The van der Waals surface area contributed by atoms with Gasteiger partial charge in [-0.15, -0.1) is 0 Å². The van der Waals surface area contributed by atoms with E-state index in [2.05, 4.69) is 63.3 Å². The zero-order chi connectivity index (χ0) is 13.0. The second-order valence-electron chi connectivity index (χ2n) is 4.42. The second-order valence-corrected chi connectivity index (χ2v) is 5.27. The van der Waals surface area contributed by atoms with Crippen LogP contribution < -0.4 is 5.32 Å². The molecule has 0 atom stereocenters. The van der Waals surface area contributed by atoms with Gasteiger partial charge < -0.3 is 10.3 Å². The Kier molecular flexibility index (Phi) is 4.55. The SMILES string of the molecule is CCCNCc1cnc(-c2ccc(C)cc2Br)[nH]1. The predicted octanol–water partition coefficient (Wildman–Crippen LogP) is 3.65. The summed E-state index contributed by atoms with van der Waals surface area (Å²) in [7, 11) is 0. The first-order chi connectivity index (χ1) is 8.70. The van der Waals surface area contributed by atoms with Gasteiger partial charge in [0.25, 0.3) is 0 Å². The Labute approximate surface area is 116 Å².